The van der Waals surface area contributed by atoms with E-state index in [1.165, 1.54) is 19.1 Å². The van der Waals surface area contributed by atoms with E-state index in [2.05, 4.69) is 11.9 Å². The molecule has 0 radical (unpaired) electrons. The zero-order valence-electron chi connectivity index (χ0n) is 23.4. The van der Waals surface area contributed by atoms with Crippen LogP contribution < -0.4 is 15.0 Å². The van der Waals surface area contributed by atoms with Crippen LogP contribution in [0.5, 0.6) is 5.75 Å². The second-order valence-corrected chi connectivity index (χ2v) is 11.3. The number of carbonyl (C=O) groups excluding carboxylic acids is 1. The summed E-state index contributed by atoms with van der Waals surface area (Å²) in [5, 5.41) is 26.0. The molecule has 0 aromatic heterocycles. The topological polar surface area (TPSA) is 113 Å². The van der Waals surface area contributed by atoms with Gasteiger partial charge in [-0.2, -0.15) is 0 Å². The highest BCUT2D eigenvalue weighted by Gasteiger charge is 2.62. The summed E-state index contributed by atoms with van der Waals surface area (Å²) < 4.78 is 23.1. The van der Waals surface area contributed by atoms with Crippen molar-refractivity contribution in [3.05, 3.63) is 59.0 Å². The standard InChI is InChI=1S/C29H39ClN2O7/c1-16-9-8-10-24(37-7)29(35)15-22(38-18(3)31-29)17(2)27-28(4,39-27)23(33)14-25(34)32(5)20-12-19(11-16)13-21(36-6)26(20)30/h8-10,12-13,17,22-24,27,31,33,35H,3,11,14-15H2,1-2,4-7H3/b10-8+,16-9+. The van der Waals surface area contributed by atoms with Crippen LogP contribution in [0.15, 0.2) is 48.4 Å². The number of hydrogen-bond donors (Lipinski definition) is 3. The van der Waals surface area contributed by atoms with E-state index in [1.54, 1.807) is 20.0 Å². The lowest BCUT2D eigenvalue weighted by atomic mass is 9.83. The Morgan fingerprint density at radius 3 is 2.69 bits per heavy atom. The number of fused-ring (bicyclic) bond motifs is 5. The Morgan fingerprint density at radius 2 is 2.03 bits per heavy atom. The molecule has 2 saturated heterocycles. The molecule has 0 aliphatic carbocycles. The molecule has 10 heteroatoms. The van der Waals surface area contributed by atoms with Crippen LogP contribution in [0.1, 0.15) is 39.2 Å². The maximum Gasteiger partial charge on any atom is 0.229 e. The second-order valence-electron chi connectivity index (χ2n) is 10.9. The van der Waals surface area contributed by atoms with Crippen molar-refractivity contribution in [2.45, 2.75) is 75.8 Å². The largest absolute Gasteiger partial charge is 0.495 e. The van der Waals surface area contributed by atoms with Crippen LogP contribution in [0.2, 0.25) is 5.02 Å². The van der Waals surface area contributed by atoms with Gasteiger partial charge in [-0.25, -0.2) is 0 Å². The first-order valence-electron chi connectivity index (χ1n) is 13.0. The number of nitrogens with zero attached hydrogens (tertiary/aromatic N) is 1. The first-order chi connectivity index (χ1) is 18.3. The zero-order chi connectivity index (χ0) is 28.7. The molecule has 0 saturated carbocycles. The van der Waals surface area contributed by atoms with Crippen LogP contribution in [0.25, 0.3) is 0 Å². The van der Waals surface area contributed by atoms with Crippen LogP contribution in [0.3, 0.4) is 0 Å². The zero-order valence-corrected chi connectivity index (χ0v) is 24.1. The molecule has 0 spiro atoms. The average molecular weight is 563 g/mol. The van der Waals surface area contributed by atoms with Gasteiger partial charge in [0.1, 0.15) is 28.6 Å². The van der Waals surface area contributed by atoms with Crippen molar-refractivity contribution in [2.75, 3.05) is 26.2 Å². The summed E-state index contributed by atoms with van der Waals surface area (Å²) in [5.41, 5.74) is -0.0376. The van der Waals surface area contributed by atoms with Gasteiger partial charge in [-0.05, 0) is 44.5 Å². The molecule has 1 aromatic carbocycles. The summed E-state index contributed by atoms with van der Waals surface area (Å²) in [6, 6.07) is 3.69. The third kappa shape index (κ3) is 5.83. The minimum atomic E-state index is -1.48. The van der Waals surface area contributed by atoms with Gasteiger partial charge in [0.2, 0.25) is 5.91 Å². The number of methoxy groups -OCH3 is 2. The number of amides is 1. The van der Waals surface area contributed by atoms with E-state index in [-0.39, 0.29) is 30.5 Å². The Kier molecular flexibility index (Phi) is 8.40. The first-order valence-corrected chi connectivity index (χ1v) is 13.4. The van der Waals surface area contributed by atoms with Crippen LogP contribution in [-0.2, 0) is 25.4 Å². The summed E-state index contributed by atoms with van der Waals surface area (Å²) in [4.78, 5) is 14.7. The third-order valence-corrected chi connectivity index (χ3v) is 8.43. The Bertz CT molecular complexity index is 1190. The van der Waals surface area contributed by atoms with Crippen molar-refractivity contribution in [2.24, 2.45) is 5.92 Å². The predicted molar refractivity (Wildman–Crippen MR) is 149 cm³/mol. The van der Waals surface area contributed by atoms with Crippen LogP contribution in [-0.4, -0.2) is 73.1 Å². The molecule has 4 rings (SSSR count). The number of nitrogens with one attached hydrogen (secondary N) is 1. The molecular formula is C29H39ClN2O7. The number of benzene rings is 1. The first kappa shape index (κ1) is 29.4. The minimum Gasteiger partial charge on any atom is -0.495 e. The number of ether oxygens (including phenoxy) is 4. The maximum absolute atomic E-state index is 13.3. The summed E-state index contributed by atoms with van der Waals surface area (Å²) in [6.07, 6.45) is 3.50. The number of hydrogen-bond acceptors (Lipinski definition) is 8. The van der Waals surface area contributed by atoms with Crippen LogP contribution in [0.4, 0.5) is 5.69 Å². The quantitative estimate of drug-likeness (QED) is 0.470. The SMILES string of the molecule is C=C1NC2(O)CC(O1)C(C)C1OC1(C)C(O)CC(=O)N(C)c1cc(cc(OC)c1Cl)C/C(C)=C/C=C/C2OC. The lowest BCUT2D eigenvalue weighted by Crippen LogP contribution is -2.60. The highest BCUT2D eigenvalue weighted by molar-refractivity contribution is 6.35. The predicted octanol–water partition coefficient (Wildman–Crippen LogP) is 3.47. The van der Waals surface area contributed by atoms with Crippen LogP contribution >= 0.6 is 11.6 Å². The fourth-order valence-electron chi connectivity index (χ4n) is 5.57. The molecule has 7 unspecified atom stereocenters. The molecule has 3 heterocycles. The number of epoxide rings is 1. The summed E-state index contributed by atoms with van der Waals surface area (Å²) in [6.45, 7) is 9.59. The molecule has 9 nitrogen and oxygen atoms in total. The van der Waals surface area contributed by atoms with Gasteiger partial charge >= 0.3 is 0 Å². The molecule has 3 N–H and O–H groups in total. The third-order valence-electron chi connectivity index (χ3n) is 8.05. The number of aliphatic hydroxyl groups excluding tert-OH is 1. The molecule has 1 aromatic rings. The molecule has 1 amide bonds. The highest BCUT2D eigenvalue weighted by Crippen LogP contribution is 2.48. The van der Waals surface area contributed by atoms with Gasteiger partial charge in [0.15, 0.2) is 11.6 Å². The number of anilines is 1. The molecule has 2 fully saturated rings. The van der Waals surface area contributed by atoms with Crippen molar-refractivity contribution in [3.8, 4) is 5.75 Å². The highest BCUT2D eigenvalue weighted by atomic mass is 35.5. The normalized spacial score (nSPS) is 37.6. The van der Waals surface area contributed by atoms with E-state index < -0.39 is 35.7 Å². The minimum absolute atomic E-state index is 0.169. The Balaban J connectivity index is 1.74. The summed E-state index contributed by atoms with van der Waals surface area (Å²) >= 11 is 6.60. The number of aliphatic hydroxyl groups is 2. The fraction of sp³-hybridized carbons (Fsp3) is 0.552. The Morgan fingerprint density at radius 1 is 1.31 bits per heavy atom. The smallest absolute Gasteiger partial charge is 0.229 e. The fourth-order valence-corrected chi connectivity index (χ4v) is 5.89. The van der Waals surface area contributed by atoms with E-state index in [0.29, 0.717) is 22.9 Å². The van der Waals surface area contributed by atoms with Crippen molar-refractivity contribution >= 4 is 23.2 Å². The van der Waals surface area contributed by atoms with Crippen molar-refractivity contribution in [3.63, 3.8) is 0 Å². The molecule has 39 heavy (non-hydrogen) atoms. The van der Waals surface area contributed by atoms with E-state index >= 15 is 0 Å². The Labute approximate surface area is 235 Å². The average Bonchev–Trinajstić information content (AvgIpc) is 3.58. The lowest BCUT2D eigenvalue weighted by molar-refractivity contribution is -0.158. The second kappa shape index (κ2) is 11.1. The van der Waals surface area contributed by atoms with Gasteiger partial charge in [0, 0.05) is 26.5 Å². The molecular weight excluding hydrogens is 524 g/mol. The van der Waals surface area contributed by atoms with E-state index in [0.717, 1.165) is 11.1 Å². The van der Waals surface area contributed by atoms with Crippen molar-refractivity contribution < 1.29 is 34.0 Å². The van der Waals surface area contributed by atoms with Crippen molar-refractivity contribution in [1.82, 2.24) is 5.32 Å². The molecule has 214 valence electrons. The molecule has 3 aliphatic rings. The molecule has 4 bridgehead atoms. The number of rotatable bonds is 2. The van der Waals surface area contributed by atoms with Gasteiger partial charge in [0.25, 0.3) is 0 Å². The van der Waals surface area contributed by atoms with Gasteiger partial charge < -0.3 is 39.4 Å². The Hall–Kier alpha value is -2.56. The molecule has 7 atom stereocenters. The van der Waals surface area contributed by atoms with Crippen molar-refractivity contribution in [1.29, 1.82) is 0 Å². The molecule has 3 aliphatic heterocycles. The summed E-state index contributed by atoms with van der Waals surface area (Å²) in [5.74, 6) is 0.122. The van der Waals surface area contributed by atoms with E-state index in [9.17, 15) is 15.0 Å². The monoisotopic (exact) mass is 562 g/mol. The maximum atomic E-state index is 13.3. The van der Waals surface area contributed by atoms with Gasteiger partial charge in [-0.1, -0.05) is 42.3 Å². The van der Waals surface area contributed by atoms with Gasteiger partial charge in [-0.15, -0.1) is 0 Å². The van der Waals surface area contributed by atoms with E-state index in [4.69, 9.17) is 30.5 Å². The van der Waals surface area contributed by atoms with Gasteiger partial charge in [0.05, 0.1) is 31.4 Å². The number of halogens is 1. The lowest BCUT2D eigenvalue weighted by Gasteiger charge is -2.44. The number of allylic oxidation sites excluding steroid dienone is 3. The summed E-state index contributed by atoms with van der Waals surface area (Å²) in [7, 11) is 4.69. The van der Waals surface area contributed by atoms with Gasteiger partial charge in [-0.3, -0.25) is 4.79 Å². The number of carbonyl (C=O) groups is 1. The van der Waals surface area contributed by atoms with Crippen LogP contribution in [0, 0.1) is 5.92 Å². The van der Waals surface area contributed by atoms with E-state index in [1.807, 2.05) is 38.1 Å².